The number of thioether (sulfide) groups is 1. The van der Waals surface area contributed by atoms with Crippen LogP contribution in [0.15, 0.2) is 23.1 Å². The lowest BCUT2D eigenvalue weighted by Crippen LogP contribution is -2.42. The zero-order valence-corrected chi connectivity index (χ0v) is 14.9. The number of ether oxygens (including phenoxy) is 2. The van der Waals surface area contributed by atoms with Crippen LogP contribution in [0.4, 0.5) is 4.79 Å². The van der Waals surface area contributed by atoms with Crippen LogP contribution < -0.4 is 4.74 Å². The van der Waals surface area contributed by atoms with E-state index < -0.39 is 23.2 Å². The van der Waals surface area contributed by atoms with E-state index in [1.807, 2.05) is 6.92 Å². The molecule has 1 atom stereocenters. The lowest BCUT2D eigenvalue weighted by molar-refractivity contribution is -0.148. The fraction of sp³-hybridized carbons (Fsp3) is 0.312. The highest BCUT2D eigenvalue weighted by Crippen LogP contribution is 2.36. The molecule has 1 aliphatic rings. The number of hydrogen-bond donors (Lipinski definition) is 0. The van der Waals surface area contributed by atoms with E-state index in [-0.39, 0.29) is 4.91 Å². The van der Waals surface area contributed by atoms with Crippen molar-refractivity contribution in [1.82, 2.24) is 4.90 Å². The maximum absolute atomic E-state index is 12.5. The van der Waals surface area contributed by atoms with Gasteiger partial charge in [-0.25, -0.2) is 4.79 Å². The highest BCUT2D eigenvalue weighted by atomic mass is 35.5. The molecule has 8 heteroatoms. The molecule has 0 unspecified atom stereocenters. The molecule has 0 saturated carbocycles. The summed E-state index contributed by atoms with van der Waals surface area (Å²) in [6.07, 6.45) is 1.53. The lowest BCUT2D eigenvalue weighted by atomic mass is 10.1. The van der Waals surface area contributed by atoms with Crippen molar-refractivity contribution in [3.8, 4) is 5.75 Å². The third-order valence-corrected chi connectivity index (χ3v) is 4.43. The molecular weight excluding hydrogens is 354 g/mol. The normalized spacial score (nSPS) is 17.3. The van der Waals surface area contributed by atoms with Crippen LogP contribution in [0.3, 0.4) is 0 Å². The van der Waals surface area contributed by atoms with Gasteiger partial charge in [0.1, 0.15) is 11.8 Å². The number of imide groups is 1. The van der Waals surface area contributed by atoms with Crippen LogP contribution in [0.25, 0.3) is 6.08 Å². The Kier molecular flexibility index (Phi) is 5.90. The summed E-state index contributed by atoms with van der Waals surface area (Å²) in [6.45, 7) is 3.73. The highest BCUT2D eigenvalue weighted by molar-refractivity contribution is 8.18. The van der Waals surface area contributed by atoms with Gasteiger partial charge in [0, 0.05) is 10.6 Å². The Morgan fingerprint density at radius 3 is 2.75 bits per heavy atom. The summed E-state index contributed by atoms with van der Waals surface area (Å²) in [6, 6.07) is 4.03. The largest absolute Gasteiger partial charge is 0.493 e. The van der Waals surface area contributed by atoms with Crippen LogP contribution in [0.2, 0.25) is 5.02 Å². The fourth-order valence-electron chi connectivity index (χ4n) is 2.15. The van der Waals surface area contributed by atoms with Crippen molar-refractivity contribution >= 4 is 46.6 Å². The van der Waals surface area contributed by atoms with Gasteiger partial charge in [-0.15, -0.1) is 0 Å². The van der Waals surface area contributed by atoms with E-state index in [9.17, 15) is 14.4 Å². The summed E-state index contributed by atoms with van der Waals surface area (Å²) in [4.78, 5) is 37.2. The average molecular weight is 370 g/mol. The second-order valence-corrected chi connectivity index (χ2v) is 6.30. The quantitative estimate of drug-likeness (QED) is 0.585. The van der Waals surface area contributed by atoms with Gasteiger partial charge in [-0.1, -0.05) is 11.6 Å². The summed E-state index contributed by atoms with van der Waals surface area (Å²) in [5, 5.41) is -0.0454. The van der Waals surface area contributed by atoms with Gasteiger partial charge >= 0.3 is 5.97 Å². The Morgan fingerprint density at radius 1 is 1.42 bits per heavy atom. The number of carbonyl (C=O) groups excluding carboxylic acids is 3. The monoisotopic (exact) mass is 369 g/mol. The molecule has 1 heterocycles. The zero-order chi connectivity index (χ0) is 17.9. The molecule has 1 fully saturated rings. The minimum Gasteiger partial charge on any atom is -0.493 e. The van der Waals surface area contributed by atoms with Crippen molar-refractivity contribution in [1.29, 1.82) is 0 Å². The molecule has 1 saturated heterocycles. The Hall–Kier alpha value is -1.99. The smallest absolute Gasteiger partial charge is 0.328 e. The first-order valence-electron chi connectivity index (χ1n) is 7.16. The van der Waals surface area contributed by atoms with E-state index in [1.165, 1.54) is 20.1 Å². The fourth-order valence-corrected chi connectivity index (χ4v) is 3.23. The van der Waals surface area contributed by atoms with E-state index in [1.54, 1.807) is 18.2 Å². The summed E-state index contributed by atoms with van der Waals surface area (Å²) in [5.74, 6) is -0.656. The third-order valence-electron chi connectivity index (χ3n) is 3.31. The number of nitrogens with zero attached hydrogens (tertiary/aromatic N) is 1. The Labute approximate surface area is 148 Å². The summed E-state index contributed by atoms with van der Waals surface area (Å²) >= 11 is 6.75. The molecule has 2 amide bonds. The summed E-state index contributed by atoms with van der Waals surface area (Å²) in [5.41, 5.74) is 0.584. The number of benzene rings is 1. The van der Waals surface area contributed by atoms with Crippen molar-refractivity contribution in [3.63, 3.8) is 0 Å². The van der Waals surface area contributed by atoms with Gasteiger partial charge in [-0.3, -0.25) is 14.5 Å². The van der Waals surface area contributed by atoms with Gasteiger partial charge in [0.2, 0.25) is 0 Å². The maximum atomic E-state index is 12.5. The standard InChI is InChI=1S/C16H16ClNO5S/c1-4-23-12-6-5-11(17)7-10(12)8-13-14(19)18(16(21)24-13)9(2)15(20)22-3/h5-9H,4H2,1-3H3/b13-8+/t9-/m1/s1. The molecule has 1 aromatic rings. The Balaban J connectivity index is 2.35. The number of hydrogen-bond acceptors (Lipinski definition) is 6. The highest BCUT2D eigenvalue weighted by Gasteiger charge is 2.41. The van der Waals surface area contributed by atoms with Gasteiger partial charge in [0.15, 0.2) is 0 Å². The number of carbonyl (C=O) groups is 3. The Morgan fingerprint density at radius 2 is 2.12 bits per heavy atom. The van der Waals surface area contributed by atoms with E-state index >= 15 is 0 Å². The Bertz CT molecular complexity index is 718. The van der Waals surface area contributed by atoms with E-state index in [0.717, 1.165) is 16.7 Å². The number of rotatable bonds is 5. The first kappa shape index (κ1) is 18.4. The van der Waals surface area contributed by atoms with Gasteiger partial charge in [0.05, 0.1) is 18.6 Å². The molecule has 0 aliphatic carbocycles. The molecular formula is C16H16ClNO5S. The van der Waals surface area contributed by atoms with Crippen LogP contribution in [-0.4, -0.2) is 41.8 Å². The molecule has 1 aromatic carbocycles. The first-order chi connectivity index (χ1) is 11.4. The van der Waals surface area contributed by atoms with Crippen molar-refractivity contribution < 1.29 is 23.9 Å². The minimum atomic E-state index is -0.987. The predicted octanol–water partition coefficient (Wildman–Crippen LogP) is 3.34. The average Bonchev–Trinajstić information content (AvgIpc) is 2.82. The van der Waals surface area contributed by atoms with Crippen LogP contribution in [0.5, 0.6) is 5.75 Å². The van der Waals surface area contributed by atoms with Gasteiger partial charge < -0.3 is 9.47 Å². The molecule has 0 radical (unpaired) electrons. The first-order valence-corrected chi connectivity index (χ1v) is 8.35. The topological polar surface area (TPSA) is 72.9 Å². The molecule has 0 N–H and O–H groups in total. The number of amides is 2. The minimum absolute atomic E-state index is 0.193. The third kappa shape index (κ3) is 3.73. The SMILES string of the molecule is CCOc1ccc(Cl)cc1/C=C1/SC(=O)N([C@H](C)C(=O)OC)C1=O. The molecule has 24 heavy (non-hydrogen) atoms. The molecule has 0 spiro atoms. The number of esters is 1. The second kappa shape index (κ2) is 7.72. The number of methoxy groups -OCH3 is 1. The van der Waals surface area contributed by atoms with Crippen LogP contribution in [0, 0.1) is 0 Å². The molecule has 1 aliphatic heterocycles. The molecule has 6 nitrogen and oxygen atoms in total. The van der Waals surface area contributed by atoms with E-state index in [2.05, 4.69) is 4.74 Å². The maximum Gasteiger partial charge on any atom is 0.328 e. The molecule has 0 aromatic heterocycles. The molecule has 0 bridgehead atoms. The molecule has 2 rings (SSSR count). The van der Waals surface area contributed by atoms with Crippen molar-refractivity contribution in [2.45, 2.75) is 19.9 Å². The van der Waals surface area contributed by atoms with Crippen molar-refractivity contribution in [3.05, 3.63) is 33.7 Å². The lowest BCUT2D eigenvalue weighted by Gasteiger charge is -2.18. The predicted molar refractivity (Wildman–Crippen MR) is 91.9 cm³/mol. The van der Waals surface area contributed by atoms with Gasteiger partial charge in [0.25, 0.3) is 11.1 Å². The number of halogens is 1. The molecule has 128 valence electrons. The van der Waals surface area contributed by atoms with Crippen LogP contribution >= 0.6 is 23.4 Å². The van der Waals surface area contributed by atoms with Crippen LogP contribution in [0.1, 0.15) is 19.4 Å². The van der Waals surface area contributed by atoms with Crippen LogP contribution in [-0.2, 0) is 14.3 Å². The van der Waals surface area contributed by atoms with E-state index in [0.29, 0.717) is 22.9 Å². The van der Waals surface area contributed by atoms with Gasteiger partial charge in [-0.05, 0) is 49.9 Å². The van der Waals surface area contributed by atoms with E-state index in [4.69, 9.17) is 16.3 Å². The van der Waals surface area contributed by atoms with Crippen molar-refractivity contribution in [2.24, 2.45) is 0 Å². The second-order valence-electron chi connectivity index (χ2n) is 4.87. The summed E-state index contributed by atoms with van der Waals surface area (Å²) in [7, 11) is 1.20. The zero-order valence-electron chi connectivity index (χ0n) is 13.4. The van der Waals surface area contributed by atoms with Crippen molar-refractivity contribution in [2.75, 3.05) is 13.7 Å². The summed E-state index contributed by atoms with van der Waals surface area (Å²) < 4.78 is 10.1. The van der Waals surface area contributed by atoms with Gasteiger partial charge in [-0.2, -0.15) is 0 Å².